The highest BCUT2D eigenvalue weighted by Gasteiger charge is 2.36. The third kappa shape index (κ3) is 4.08. The molecule has 1 N–H and O–H groups in total. The molecule has 0 radical (unpaired) electrons. The first kappa shape index (κ1) is 12.3. The third-order valence-corrected chi connectivity index (χ3v) is 2.49. The van der Waals surface area contributed by atoms with Crippen molar-refractivity contribution in [3.8, 4) is 0 Å². The molecule has 86 valence electrons. The highest BCUT2D eigenvalue weighted by Crippen LogP contribution is 2.23. The molecule has 1 atom stereocenters. The molecule has 1 aliphatic rings. The molecular weight excluding hydrogens is 203 g/mol. The van der Waals surface area contributed by atoms with Crippen LogP contribution in [0.4, 0.5) is 13.2 Å². The highest BCUT2D eigenvalue weighted by molar-refractivity contribution is 5.22. The van der Waals surface area contributed by atoms with Gasteiger partial charge in [-0.3, -0.25) is 0 Å². The molecule has 0 aromatic carbocycles. The Morgan fingerprint density at radius 3 is 2.60 bits per heavy atom. The number of nitrogens with one attached hydrogen (secondary N) is 1. The Morgan fingerprint density at radius 1 is 1.40 bits per heavy atom. The molecule has 0 spiro atoms. The zero-order valence-corrected chi connectivity index (χ0v) is 8.77. The lowest BCUT2D eigenvalue weighted by molar-refractivity contribution is -0.143. The second-order valence-corrected chi connectivity index (χ2v) is 3.69. The van der Waals surface area contributed by atoms with E-state index in [1.165, 1.54) is 13.1 Å². The molecule has 0 aromatic rings. The molecule has 1 rings (SSSR count). The SMILES string of the molecule is CNC(/C=C/C1=CCCCC1)C(F)(F)F. The van der Waals surface area contributed by atoms with Gasteiger partial charge in [0.1, 0.15) is 6.04 Å². The van der Waals surface area contributed by atoms with Gasteiger partial charge < -0.3 is 5.32 Å². The number of halogens is 3. The van der Waals surface area contributed by atoms with Gasteiger partial charge in [-0.15, -0.1) is 0 Å². The highest BCUT2D eigenvalue weighted by atomic mass is 19.4. The van der Waals surface area contributed by atoms with E-state index >= 15 is 0 Å². The number of allylic oxidation sites excluding steroid dienone is 3. The van der Waals surface area contributed by atoms with Crippen molar-refractivity contribution in [2.75, 3.05) is 7.05 Å². The molecule has 0 heterocycles. The van der Waals surface area contributed by atoms with Gasteiger partial charge >= 0.3 is 6.18 Å². The van der Waals surface area contributed by atoms with E-state index < -0.39 is 12.2 Å². The van der Waals surface area contributed by atoms with E-state index in [1.807, 2.05) is 6.08 Å². The lowest BCUT2D eigenvalue weighted by Gasteiger charge is -2.16. The lowest BCUT2D eigenvalue weighted by atomic mass is 9.99. The average Bonchev–Trinajstić information content (AvgIpc) is 2.18. The van der Waals surface area contributed by atoms with E-state index in [4.69, 9.17) is 0 Å². The Balaban J connectivity index is 2.58. The van der Waals surface area contributed by atoms with Crippen LogP contribution in [0.1, 0.15) is 25.7 Å². The van der Waals surface area contributed by atoms with Crippen molar-refractivity contribution in [1.82, 2.24) is 5.32 Å². The minimum absolute atomic E-state index is 0.894. The second-order valence-electron chi connectivity index (χ2n) is 3.69. The van der Waals surface area contributed by atoms with E-state index in [0.29, 0.717) is 0 Å². The molecule has 1 nitrogen and oxygen atoms in total. The predicted octanol–water partition coefficient (Wildman–Crippen LogP) is 3.19. The van der Waals surface area contributed by atoms with Crippen LogP contribution < -0.4 is 5.32 Å². The van der Waals surface area contributed by atoms with Gasteiger partial charge in [-0.25, -0.2) is 0 Å². The summed E-state index contributed by atoms with van der Waals surface area (Å²) in [6, 6.07) is -1.54. The number of likely N-dealkylation sites (N-methyl/N-ethyl adjacent to an activating group) is 1. The van der Waals surface area contributed by atoms with Crippen LogP contribution in [0.2, 0.25) is 0 Å². The van der Waals surface area contributed by atoms with Gasteiger partial charge in [-0.1, -0.05) is 23.8 Å². The van der Waals surface area contributed by atoms with Gasteiger partial charge in [0.05, 0.1) is 0 Å². The van der Waals surface area contributed by atoms with Gasteiger partial charge in [0.15, 0.2) is 0 Å². The molecule has 0 amide bonds. The molecule has 4 heteroatoms. The minimum Gasteiger partial charge on any atom is -0.306 e. The Bertz CT molecular complexity index is 253. The van der Waals surface area contributed by atoms with Crippen LogP contribution in [-0.2, 0) is 0 Å². The molecule has 0 saturated carbocycles. The summed E-state index contributed by atoms with van der Waals surface area (Å²) in [6.07, 6.45) is 4.69. The lowest BCUT2D eigenvalue weighted by Crippen LogP contribution is -2.38. The molecule has 0 fully saturated rings. The summed E-state index contributed by atoms with van der Waals surface area (Å²) in [6.45, 7) is 0. The monoisotopic (exact) mass is 219 g/mol. The van der Waals surface area contributed by atoms with Crippen LogP contribution in [0, 0.1) is 0 Å². The fourth-order valence-electron chi connectivity index (χ4n) is 1.60. The van der Waals surface area contributed by atoms with E-state index in [-0.39, 0.29) is 0 Å². The Hall–Kier alpha value is -0.770. The number of rotatable bonds is 3. The third-order valence-electron chi connectivity index (χ3n) is 2.49. The molecular formula is C11H16F3N. The molecule has 0 aromatic heterocycles. The number of hydrogen-bond donors (Lipinski definition) is 1. The summed E-state index contributed by atoms with van der Waals surface area (Å²) in [4.78, 5) is 0. The van der Waals surface area contributed by atoms with Gasteiger partial charge in [-0.05, 0) is 32.7 Å². The van der Waals surface area contributed by atoms with Crippen molar-refractivity contribution in [2.24, 2.45) is 0 Å². The van der Waals surface area contributed by atoms with E-state index in [2.05, 4.69) is 5.32 Å². The predicted molar refractivity (Wildman–Crippen MR) is 54.6 cm³/mol. The van der Waals surface area contributed by atoms with Crippen molar-refractivity contribution in [2.45, 2.75) is 37.9 Å². The average molecular weight is 219 g/mol. The fraction of sp³-hybridized carbons (Fsp3) is 0.636. The van der Waals surface area contributed by atoms with Crippen molar-refractivity contribution in [1.29, 1.82) is 0 Å². The maximum Gasteiger partial charge on any atom is 0.407 e. The van der Waals surface area contributed by atoms with Crippen LogP contribution >= 0.6 is 0 Å². The Morgan fingerprint density at radius 2 is 2.13 bits per heavy atom. The number of alkyl halides is 3. The molecule has 0 saturated heterocycles. The Kier molecular flexibility index (Phi) is 4.39. The Labute approximate surface area is 88.1 Å². The molecule has 1 aliphatic carbocycles. The van der Waals surface area contributed by atoms with Gasteiger partial charge in [0.25, 0.3) is 0 Å². The quantitative estimate of drug-likeness (QED) is 0.768. The second kappa shape index (κ2) is 5.35. The first-order valence-corrected chi connectivity index (χ1v) is 5.15. The maximum atomic E-state index is 12.3. The van der Waals surface area contributed by atoms with Crippen molar-refractivity contribution in [3.63, 3.8) is 0 Å². The molecule has 15 heavy (non-hydrogen) atoms. The first-order valence-electron chi connectivity index (χ1n) is 5.15. The molecule has 1 unspecified atom stereocenters. The van der Waals surface area contributed by atoms with Crippen LogP contribution in [0.3, 0.4) is 0 Å². The van der Waals surface area contributed by atoms with Crippen molar-refractivity contribution in [3.05, 3.63) is 23.8 Å². The van der Waals surface area contributed by atoms with Crippen LogP contribution in [0.15, 0.2) is 23.8 Å². The number of hydrogen-bond acceptors (Lipinski definition) is 1. The van der Waals surface area contributed by atoms with Gasteiger partial charge in [0, 0.05) is 0 Å². The normalized spacial score (nSPS) is 20.4. The van der Waals surface area contributed by atoms with Gasteiger partial charge in [0.2, 0.25) is 0 Å². The van der Waals surface area contributed by atoms with Crippen LogP contribution in [0.5, 0.6) is 0 Å². The summed E-state index contributed by atoms with van der Waals surface area (Å²) in [5, 5.41) is 2.24. The van der Waals surface area contributed by atoms with E-state index in [1.54, 1.807) is 6.08 Å². The fourth-order valence-corrected chi connectivity index (χ4v) is 1.60. The largest absolute Gasteiger partial charge is 0.407 e. The molecule has 0 bridgehead atoms. The smallest absolute Gasteiger partial charge is 0.306 e. The zero-order valence-electron chi connectivity index (χ0n) is 8.77. The van der Waals surface area contributed by atoms with Crippen molar-refractivity contribution >= 4 is 0 Å². The van der Waals surface area contributed by atoms with E-state index in [9.17, 15) is 13.2 Å². The maximum absolute atomic E-state index is 12.3. The zero-order chi connectivity index (χ0) is 11.3. The van der Waals surface area contributed by atoms with Crippen LogP contribution in [-0.4, -0.2) is 19.3 Å². The summed E-state index contributed by atoms with van der Waals surface area (Å²) >= 11 is 0. The van der Waals surface area contributed by atoms with Crippen LogP contribution in [0.25, 0.3) is 0 Å². The van der Waals surface area contributed by atoms with E-state index in [0.717, 1.165) is 31.3 Å². The topological polar surface area (TPSA) is 12.0 Å². The standard InChI is InChI=1S/C11H16F3N/c1-15-10(11(12,13)14)8-7-9-5-3-2-4-6-9/h5,7-8,10,15H,2-4,6H2,1H3/b8-7+. The summed E-state index contributed by atoms with van der Waals surface area (Å²) in [5.41, 5.74) is 1.02. The minimum atomic E-state index is -4.21. The van der Waals surface area contributed by atoms with Crippen molar-refractivity contribution < 1.29 is 13.2 Å². The first-order chi connectivity index (χ1) is 7.04. The summed E-state index contributed by atoms with van der Waals surface area (Å²) in [7, 11) is 1.32. The summed E-state index contributed by atoms with van der Waals surface area (Å²) < 4.78 is 37.0. The molecule has 0 aliphatic heterocycles. The summed E-state index contributed by atoms with van der Waals surface area (Å²) in [5.74, 6) is 0. The van der Waals surface area contributed by atoms with Gasteiger partial charge in [-0.2, -0.15) is 13.2 Å².